The van der Waals surface area contributed by atoms with Crippen molar-refractivity contribution in [2.24, 2.45) is 5.92 Å². The van der Waals surface area contributed by atoms with Crippen LogP contribution in [0.15, 0.2) is 23.1 Å². The zero-order valence-electron chi connectivity index (χ0n) is 10.9. The van der Waals surface area contributed by atoms with Gasteiger partial charge in [-0.3, -0.25) is 4.79 Å². The van der Waals surface area contributed by atoms with Crippen molar-refractivity contribution in [3.05, 3.63) is 28.2 Å². The number of carboxylic acids is 1. The number of hydrogen-bond acceptors (Lipinski definition) is 3. The van der Waals surface area contributed by atoms with Crippen LogP contribution in [-0.2, 0) is 14.8 Å². The molecule has 0 aliphatic rings. The predicted octanol–water partition coefficient (Wildman–Crippen LogP) is 2.77. The standard InChI is InChI=1S/C12H15Cl2NO4S/c1-7(2)6-9(12(16)17)15-20(18,19)10-5-3-4-8(13)11(10)14/h3-5,7,9,15H,6H2,1-2H3,(H,16,17)/t9-/m0/s1. The van der Waals surface area contributed by atoms with Gasteiger partial charge in [0.2, 0.25) is 10.0 Å². The SMILES string of the molecule is CC(C)C[C@H](NS(=O)(=O)c1cccc(Cl)c1Cl)C(=O)O. The second kappa shape index (κ2) is 6.76. The van der Waals surface area contributed by atoms with E-state index in [2.05, 4.69) is 4.72 Å². The van der Waals surface area contributed by atoms with Crippen molar-refractivity contribution in [3.63, 3.8) is 0 Å². The summed E-state index contributed by atoms with van der Waals surface area (Å²) < 4.78 is 26.5. The van der Waals surface area contributed by atoms with E-state index in [9.17, 15) is 13.2 Å². The van der Waals surface area contributed by atoms with Gasteiger partial charge >= 0.3 is 5.97 Å². The lowest BCUT2D eigenvalue weighted by molar-refractivity contribution is -0.139. The molecule has 0 bridgehead atoms. The Morgan fingerprint density at radius 1 is 1.35 bits per heavy atom. The molecule has 0 spiro atoms. The summed E-state index contributed by atoms with van der Waals surface area (Å²) in [4.78, 5) is 10.9. The smallest absolute Gasteiger partial charge is 0.321 e. The second-order valence-electron chi connectivity index (χ2n) is 4.69. The first-order valence-corrected chi connectivity index (χ1v) is 8.08. The van der Waals surface area contributed by atoms with E-state index >= 15 is 0 Å². The minimum absolute atomic E-state index is 0.0219. The first kappa shape index (κ1) is 17.2. The Kier molecular flexibility index (Phi) is 5.82. The lowest BCUT2D eigenvalue weighted by atomic mass is 10.1. The molecule has 0 aliphatic heterocycles. The van der Waals surface area contributed by atoms with Crippen LogP contribution >= 0.6 is 23.2 Å². The van der Waals surface area contributed by atoms with E-state index < -0.39 is 22.0 Å². The maximum atomic E-state index is 12.2. The monoisotopic (exact) mass is 339 g/mol. The van der Waals surface area contributed by atoms with Crippen molar-refractivity contribution in [2.75, 3.05) is 0 Å². The Morgan fingerprint density at radius 2 is 1.95 bits per heavy atom. The van der Waals surface area contributed by atoms with Crippen LogP contribution in [0.4, 0.5) is 0 Å². The summed E-state index contributed by atoms with van der Waals surface area (Å²) in [5.74, 6) is -1.21. The zero-order chi connectivity index (χ0) is 15.5. The molecular formula is C12H15Cl2NO4S. The fourth-order valence-corrected chi connectivity index (χ4v) is 3.58. The van der Waals surface area contributed by atoms with Gasteiger partial charge in [-0.15, -0.1) is 0 Å². The van der Waals surface area contributed by atoms with Crippen LogP contribution in [0, 0.1) is 5.92 Å². The highest BCUT2D eigenvalue weighted by molar-refractivity contribution is 7.89. The largest absolute Gasteiger partial charge is 0.480 e. The normalized spacial score (nSPS) is 13.4. The summed E-state index contributed by atoms with van der Waals surface area (Å²) in [5, 5.41) is 9.03. The quantitative estimate of drug-likeness (QED) is 0.834. The Hall–Kier alpha value is -0.820. The Labute approximate surface area is 127 Å². The summed E-state index contributed by atoms with van der Waals surface area (Å²) in [7, 11) is -4.05. The van der Waals surface area contributed by atoms with Crippen molar-refractivity contribution < 1.29 is 18.3 Å². The average Bonchev–Trinajstić information content (AvgIpc) is 2.30. The molecule has 0 unspecified atom stereocenters. The van der Waals surface area contributed by atoms with Crippen LogP contribution in [0.2, 0.25) is 10.0 Å². The molecule has 1 atom stereocenters. The molecule has 1 rings (SSSR count). The molecule has 1 aromatic carbocycles. The molecular weight excluding hydrogens is 325 g/mol. The summed E-state index contributed by atoms with van der Waals surface area (Å²) in [6, 6.07) is 2.94. The zero-order valence-corrected chi connectivity index (χ0v) is 13.3. The molecule has 2 N–H and O–H groups in total. The number of benzene rings is 1. The minimum Gasteiger partial charge on any atom is -0.480 e. The number of hydrogen-bond donors (Lipinski definition) is 2. The van der Waals surface area contributed by atoms with Gasteiger partial charge in [-0.1, -0.05) is 43.1 Å². The average molecular weight is 340 g/mol. The highest BCUT2D eigenvalue weighted by atomic mass is 35.5. The molecule has 20 heavy (non-hydrogen) atoms. The minimum atomic E-state index is -4.05. The van der Waals surface area contributed by atoms with Gasteiger partial charge in [-0.2, -0.15) is 4.72 Å². The predicted molar refractivity (Wildman–Crippen MR) is 77.7 cm³/mol. The molecule has 112 valence electrons. The summed E-state index contributed by atoms with van der Waals surface area (Å²) in [5.41, 5.74) is 0. The summed E-state index contributed by atoms with van der Waals surface area (Å²) >= 11 is 11.6. The molecule has 1 aromatic rings. The molecule has 0 saturated carbocycles. The number of rotatable bonds is 6. The molecule has 0 amide bonds. The van der Waals surface area contributed by atoms with Gasteiger partial charge in [0, 0.05) is 0 Å². The van der Waals surface area contributed by atoms with E-state index in [0.29, 0.717) is 0 Å². The first-order chi connectivity index (χ1) is 9.15. The van der Waals surface area contributed by atoms with Crippen LogP contribution < -0.4 is 4.72 Å². The number of aliphatic carboxylic acids is 1. The number of halogens is 2. The highest BCUT2D eigenvalue weighted by Gasteiger charge is 2.28. The lowest BCUT2D eigenvalue weighted by Gasteiger charge is -2.17. The highest BCUT2D eigenvalue weighted by Crippen LogP contribution is 2.29. The van der Waals surface area contributed by atoms with Gasteiger partial charge < -0.3 is 5.11 Å². The summed E-state index contributed by atoms with van der Waals surface area (Å²) in [6.07, 6.45) is 0.173. The third-order valence-electron chi connectivity index (χ3n) is 2.51. The van der Waals surface area contributed by atoms with Gasteiger partial charge in [0.15, 0.2) is 0 Å². The molecule has 0 heterocycles. The molecule has 0 saturated heterocycles. The molecule has 0 aromatic heterocycles. The van der Waals surface area contributed by atoms with Crippen molar-refractivity contribution in [1.82, 2.24) is 4.72 Å². The Bertz CT molecular complexity index is 601. The van der Waals surface area contributed by atoms with Gasteiger partial charge in [0.25, 0.3) is 0 Å². The van der Waals surface area contributed by atoms with Crippen molar-refractivity contribution >= 4 is 39.2 Å². The van der Waals surface area contributed by atoms with E-state index in [4.69, 9.17) is 28.3 Å². The molecule has 0 fully saturated rings. The number of sulfonamides is 1. The summed E-state index contributed by atoms with van der Waals surface area (Å²) in [6.45, 7) is 3.60. The molecule has 0 aliphatic carbocycles. The second-order valence-corrected chi connectivity index (χ2v) is 7.16. The fraction of sp³-hybridized carbons (Fsp3) is 0.417. The molecule has 0 radical (unpaired) electrons. The van der Waals surface area contributed by atoms with Crippen LogP contribution in [0.5, 0.6) is 0 Å². The first-order valence-electron chi connectivity index (χ1n) is 5.84. The Morgan fingerprint density at radius 3 is 2.45 bits per heavy atom. The number of carboxylic acid groups (broad SMARTS) is 1. The van der Waals surface area contributed by atoms with E-state index in [1.54, 1.807) is 13.8 Å². The van der Waals surface area contributed by atoms with Crippen molar-refractivity contribution in [1.29, 1.82) is 0 Å². The van der Waals surface area contributed by atoms with E-state index in [-0.39, 0.29) is 27.3 Å². The van der Waals surface area contributed by atoms with Crippen LogP contribution in [-0.4, -0.2) is 25.5 Å². The molecule has 8 heteroatoms. The van der Waals surface area contributed by atoms with Crippen LogP contribution in [0.1, 0.15) is 20.3 Å². The number of carbonyl (C=O) groups is 1. The Balaban J connectivity index is 3.10. The fourth-order valence-electron chi connectivity index (χ4n) is 1.61. The maximum Gasteiger partial charge on any atom is 0.321 e. The van der Waals surface area contributed by atoms with Crippen LogP contribution in [0.3, 0.4) is 0 Å². The van der Waals surface area contributed by atoms with E-state index in [1.807, 2.05) is 0 Å². The van der Waals surface area contributed by atoms with Gasteiger partial charge in [0.1, 0.15) is 10.9 Å². The van der Waals surface area contributed by atoms with Gasteiger partial charge in [0.05, 0.1) is 10.0 Å². The third-order valence-corrected chi connectivity index (χ3v) is 4.95. The third kappa shape index (κ3) is 4.34. The van der Waals surface area contributed by atoms with Gasteiger partial charge in [-0.05, 0) is 24.5 Å². The topological polar surface area (TPSA) is 83.5 Å². The van der Waals surface area contributed by atoms with E-state index in [0.717, 1.165) is 0 Å². The van der Waals surface area contributed by atoms with E-state index in [1.165, 1.54) is 18.2 Å². The van der Waals surface area contributed by atoms with Gasteiger partial charge in [-0.25, -0.2) is 8.42 Å². The maximum absolute atomic E-state index is 12.2. The van der Waals surface area contributed by atoms with Crippen LogP contribution in [0.25, 0.3) is 0 Å². The molecule has 5 nitrogen and oxygen atoms in total. The van der Waals surface area contributed by atoms with Crippen molar-refractivity contribution in [3.8, 4) is 0 Å². The van der Waals surface area contributed by atoms with Crippen molar-refractivity contribution in [2.45, 2.75) is 31.2 Å². The lowest BCUT2D eigenvalue weighted by Crippen LogP contribution is -2.41. The number of nitrogens with one attached hydrogen (secondary N) is 1.